The number of para-hydroxylation sites is 4. The minimum absolute atomic E-state index is 1.05. The molecule has 0 bridgehead atoms. The van der Waals surface area contributed by atoms with Crippen molar-refractivity contribution in [3.05, 3.63) is 212 Å². The topological polar surface area (TPSA) is 9.86 Å². The van der Waals surface area contributed by atoms with Gasteiger partial charge in [-0.15, -0.1) is 0 Å². The number of allylic oxidation sites excluding steroid dienone is 4. The molecule has 11 rings (SSSR count). The Balaban J connectivity index is 0.970. The van der Waals surface area contributed by atoms with Crippen LogP contribution in [-0.2, 0) is 0 Å². The lowest BCUT2D eigenvalue weighted by molar-refractivity contribution is 1.05. The molecule has 1 aliphatic carbocycles. The smallest absolute Gasteiger partial charge is 0.0541 e. The third kappa shape index (κ3) is 5.41. The predicted molar refractivity (Wildman–Crippen MR) is 238 cm³/mol. The first-order valence-corrected chi connectivity index (χ1v) is 19.6. The molecule has 0 N–H and O–H groups in total. The lowest BCUT2D eigenvalue weighted by atomic mass is 9.90. The first-order chi connectivity index (χ1) is 27.8. The van der Waals surface area contributed by atoms with E-state index in [0.29, 0.717) is 0 Å². The monoisotopic (exact) mass is 714 g/mol. The summed E-state index contributed by atoms with van der Waals surface area (Å²) in [6.07, 6.45) is 8.86. The van der Waals surface area contributed by atoms with E-state index in [-0.39, 0.29) is 0 Å². The van der Waals surface area contributed by atoms with Gasteiger partial charge in [0.25, 0.3) is 0 Å². The van der Waals surface area contributed by atoms with E-state index in [1.54, 1.807) is 0 Å². The van der Waals surface area contributed by atoms with Crippen LogP contribution in [0.4, 0.5) is 0 Å². The Kier molecular flexibility index (Phi) is 7.67. The summed E-state index contributed by atoms with van der Waals surface area (Å²) in [5.74, 6) is 0. The lowest BCUT2D eigenvalue weighted by Gasteiger charge is -2.16. The normalized spacial score (nSPS) is 12.9. The van der Waals surface area contributed by atoms with Gasteiger partial charge in [0.2, 0.25) is 0 Å². The van der Waals surface area contributed by atoms with Crippen LogP contribution in [0.2, 0.25) is 0 Å². The zero-order valence-electron chi connectivity index (χ0n) is 30.9. The molecule has 264 valence electrons. The zero-order valence-corrected chi connectivity index (χ0v) is 30.9. The second-order valence-corrected chi connectivity index (χ2v) is 14.9. The SMILES string of the molecule is C1=CCCC(c2cc(-c3ccc(-n4c5ccccc5c5ccccc54)cc3)cc(-c3cccc(-c4ccc(-n5c6ccccc6c6ccccc65)cc4)c3)c2)=C1. The van der Waals surface area contributed by atoms with E-state index in [1.165, 1.54) is 99.5 Å². The van der Waals surface area contributed by atoms with Gasteiger partial charge in [-0.05, 0) is 130 Å². The number of hydrogen-bond acceptors (Lipinski definition) is 0. The summed E-state index contributed by atoms with van der Waals surface area (Å²) in [5, 5.41) is 5.11. The summed E-state index contributed by atoms with van der Waals surface area (Å²) in [5.41, 5.74) is 17.2. The van der Waals surface area contributed by atoms with Crippen LogP contribution in [0.5, 0.6) is 0 Å². The molecule has 0 amide bonds. The fraction of sp³-hybridized carbons (Fsp3) is 0.0370. The molecule has 2 nitrogen and oxygen atoms in total. The highest BCUT2D eigenvalue weighted by Crippen LogP contribution is 2.38. The maximum atomic E-state index is 2.39. The van der Waals surface area contributed by atoms with Crippen molar-refractivity contribution in [2.45, 2.75) is 12.8 Å². The lowest BCUT2D eigenvalue weighted by Crippen LogP contribution is -1.94. The minimum Gasteiger partial charge on any atom is -0.309 e. The molecule has 0 unspecified atom stereocenters. The van der Waals surface area contributed by atoms with Crippen LogP contribution in [0.15, 0.2) is 206 Å². The van der Waals surface area contributed by atoms with Crippen molar-refractivity contribution in [1.82, 2.24) is 9.13 Å². The van der Waals surface area contributed by atoms with Crippen LogP contribution in [0.3, 0.4) is 0 Å². The van der Waals surface area contributed by atoms with Crippen molar-refractivity contribution >= 4 is 49.2 Å². The molecule has 0 aliphatic heterocycles. The van der Waals surface area contributed by atoms with E-state index < -0.39 is 0 Å². The molecule has 2 heteroatoms. The van der Waals surface area contributed by atoms with Gasteiger partial charge in [-0.1, -0.05) is 133 Å². The maximum Gasteiger partial charge on any atom is 0.0541 e. The molecule has 56 heavy (non-hydrogen) atoms. The summed E-state index contributed by atoms with van der Waals surface area (Å²) in [6, 6.07) is 69.1. The molecule has 0 radical (unpaired) electrons. The van der Waals surface area contributed by atoms with Crippen molar-refractivity contribution in [3.8, 4) is 44.8 Å². The first kappa shape index (κ1) is 32.3. The van der Waals surface area contributed by atoms with E-state index >= 15 is 0 Å². The predicted octanol–water partition coefficient (Wildman–Crippen LogP) is 14.6. The van der Waals surface area contributed by atoms with Gasteiger partial charge in [-0.2, -0.15) is 0 Å². The van der Waals surface area contributed by atoms with Crippen molar-refractivity contribution in [2.75, 3.05) is 0 Å². The Labute approximate surface area is 326 Å². The highest BCUT2D eigenvalue weighted by atomic mass is 15.0. The molecular formula is C54H38N2. The fourth-order valence-corrected chi connectivity index (χ4v) is 8.88. The summed E-state index contributed by atoms with van der Waals surface area (Å²) in [7, 11) is 0. The standard InChI is InChI=1S/C54H38N2/c1-2-13-37(14-3-1)42-34-43(39-27-31-46(32-28-39)56-53-23-10-6-19-49(53)50-20-7-11-24-54(50)56)36-44(35-42)41-16-12-15-40(33-41)38-25-29-45(30-26-38)55-51-21-8-4-17-47(51)48-18-5-9-22-52(48)55/h1-2,4-13,15-36H,3,14H2. The van der Waals surface area contributed by atoms with E-state index in [1.807, 2.05) is 0 Å². The molecule has 2 aromatic heterocycles. The average Bonchev–Trinajstić information content (AvgIpc) is 3.80. The number of benzene rings is 8. The molecule has 0 fully saturated rings. The van der Waals surface area contributed by atoms with Gasteiger partial charge < -0.3 is 9.13 Å². The second kappa shape index (κ2) is 13.3. The third-order valence-corrected chi connectivity index (χ3v) is 11.6. The van der Waals surface area contributed by atoms with Crippen LogP contribution in [-0.4, -0.2) is 9.13 Å². The Morgan fingerprint density at radius 3 is 1.18 bits per heavy atom. The number of hydrogen-bond donors (Lipinski definition) is 0. The molecule has 8 aromatic carbocycles. The molecule has 0 spiro atoms. The van der Waals surface area contributed by atoms with Crippen LogP contribution in [0.1, 0.15) is 18.4 Å². The molecule has 0 atom stereocenters. The highest BCUT2D eigenvalue weighted by molar-refractivity contribution is 6.10. The Morgan fingerprint density at radius 1 is 0.321 bits per heavy atom. The molecular weight excluding hydrogens is 677 g/mol. The minimum atomic E-state index is 1.05. The van der Waals surface area contributed by atoms with Crippen molar-refractivity contribution in [2.24, 2.45) is 0 Å². The zero-order chi connectivity index (χ0) is 37.0. The number of nitrogens with zero attached hydrogens (tertiary/aromatic N) is 2. The molecule has 10 aromatic rings. The molecule has 2 heterocycles. The average molecular weight is 715 g/mol. The van der Waals surface area contributed by atoms with E-state index in [2.05, 4.69) is 215 Å². The largest absolute Gasteiger partial charge is 0.309 e. The van der Waals surface area contributed by atoms with Gasteiger partial charge in [0, 0.05) is 32.9 Å². The van der Waals surface area contributed by atoms with Crippen molar-refractivity contribution in [3.63, 3.8) is 0 Å². The second-order valence-electron chi connectivity index (χ2n) is 14.9. The van der Waals surface area contributed by atoms with Crippen molar-refractivity contribution in [1.29, 1.82) is 0 Å². The van der Waals surface area contributed by atoms with Gasteiger partial charge in [0.05, 0.1) is 22.1 Å². The van der Waals surface area contributed by atoms with Gasteiger partial charge in [0.1, 0.15) is 0 Å². The highest BCUT2D eigenvalue weighted by Gasteiger charge is 2.15. The van der Waals surface area contributed by atoms with Crippen LogP contribution in [0, 0.1) is 0 Å². The number of rotatable bonds is 6. The van der Waals surface area contributed by atoms with E-state index in [4.69, 9.17) is 0 Å². The summed E-state index contributed by atoms with van der Waals surface area (Å²) < 4.78 is 4.76. The van der Waals surface area contributed by atoms with E-state index in [0.717, 1.165) is 12.8 Å². The summed E-state index contributed by atoms with van der Waals surface area (Å²) in [6.45, 7) is 0. The molecule has 0 saturated carbocycles. The van der Waals surface area contributed by atoms with Gasteiger partial charge in [-0.3, -0.25) is 0 Å². The van der Waals surface area contributed by atoms with Crippen LogP contribution in [0.25, 0.3) is 93.9 Å². The van der Waals surface area contributed by atoms with Gasteiger partial charge in [0.15, 0.2) is 0 Å². The van der Waals surface area contributed by atoms with Crippen molar-refractivity contribution < 1.29 is 0 Å². The number of fused-ring (bicyclic) bond motifs is 6. The van der Waals surface area contributed by atoms with Gasteiger partial charge >= 0.3 is 0 Å². The first-order valence-electron chi connectivity index (χ1n) is 19.6. The Bertz CT molecular complexity index is 3060. The molecule has 1 aliphatic rings. The maximum absolute atomic E-state index is 2.39. The Hall–Kier alpha value is -7.16. The molecule has 0 saturated heterocycles. The third-order valence-electron chi connectivity index (χ3n) is 11.6. The van der Waals surface area contributed by atoms with Gasteiger partial charge in [-0.25, -0.2) is 0 Å². The van der Waals surface area contributed by atoms with Crippen LogP contribution >= 0.6 is 0 Å². The van der Waals surface area contributed by atoms with E-state index in [9.17, 15) is 0 Å². The fourth-order valence-electron chi connectivity index (χ4n) is 8.88. The summed E-state index contributed by atoms with van der Waals surface area (Å²) in [4.78, 5) is 0. The summed E-state index contributed by atoms with van der Waals surface area (Å²) >= 11 is 0. The Morgan fingerprint density at radius 2 is 0.714 bits per heavy atom. The number of aromatic nitrogens is 2. The quantitative estimate of drug-likeness (QED) is 0.162. The van der Waals surface area contributed by atoms with Crippen LogP contribution < -0.4 is 0 Å².